The minimum atomic E-state index is -0.238. The van der Waals surface area contributed by atoms with Crippen LogP contribution in [0.25, 0.3) is 22.4 Å². The highest BCUT2D eigenvalue weighted by atomic mass is 19.1. The van der Waals surface area contributed by atoms with Gasteiger partial charge in [-0.25, -0.2) is 4.68 Å². The molecule has 0 spiro atoms. The molecule has 2 aromatic heterocycles. The molecular weight excluding hydrogens is 387 g/mol. The van der Waals surface area contributed by atoms with E-state index in [0.29, 0.717) is 18.0 Å². The van der Waals surface area contributed by atoms with Gasteiger partial charge in [-0.05, 0) is 60.8 Å². The molecule has 0 saturated heterocycles. The Morgan fingerprint density at radius 1 is 0.903 bits per heavy atom. The Morgan fingerprint density at radius 3 is 2.55 bits per heavy atom. The fourth-order valence-corrected chi connectivity index (χ4v) is 5.38. The van der Waals surface area contributed by atoms with Gasteiger partial charge in [0.15, 0.2) is 0 Å². The largest absolute Gasteiger partial charge is 0.295 e. The van der Waals surface area contributed by atoms with Crippen molar-refractivity contribution in [3.8, 4) is 22.4 Å². The molecule has 2 fully saturated rings. The summed E-state index contributed by atoms with van der Waals surface area (Å²) in [4.78, 5) is 7.22. The van der Waals surface area contributed by atoms with E-state index in [0.717, 1.165) is 35.8 Å². The molecule has 0 unspecified atom stereocenters. The summed E-state index contributed by atoms with van der Waals surface area (Å²) >= 11 is 0. The van der Waals surface area contributed by atoms with Gasteiger partial charge in [-0.3, -0.25) is 9.88 Å². The summed E-state index contributed by atoms with van der Waals surface area (Å²) < 4.78 is 16.9. The third-order valence-electron chi connectivity index (χ3n) is 7.26. The third kappa shape index (κ3) is 3.80. The maximum Gasteiger partial charge on any atom is 0.219 e. The van der Waals surface area contributed by atoms with Crippen LogP contribution in [0.3, 0.4) is 0 Å². The molecule has 3 aromatic rings. The van der Waals surface area contributed by atoms with Crippen LogP contribution in [0, 0.1) is 17.8 Å². The van der Waals surface area contributed by atoms with Crippen LogP contribution in [-0.2, 0) is 19.6 Å². The lowest BCUT2D eigenvalue weighted by Crippen LogP contribution is -2.18. The molecule has 5 heteroatoms. The summed E-state index contributed by atoms with van der Waals surface area (Å²) in [6.07, 6.45) is 11.1. The molecule has 0 N–H and O–H groups in total. The maximum atomic E-state index is 15.3. The summed E-state index contributed by atoms with van der Waals surface area (Å²) in [5, 5.41) is 4.40. The first kappa shape index (κ1) is 19.2. The van der Waals surface area contributed by atoms with Crippen LogP contribution in [0.15, 0.2) is 42.7 Å². The van der Waals surface area contributed by atoms with Crippen molar-refractivity contribution in [3.05, 3.63) is 59.8 Å². The van der Waals surface area contributed by atoms with E-state index in [4.69, 9.17) is 0 Å². The van der Waals surface area contributed by atoms with Crippen LogP contribution in [0.1, 0.15) is 49.7 Å². The first-order valence-electron chi connectivity index (χ1n) is 11.8. The number of rotatable bonds is 6. The van der Waals surface area contributed by atoms with E-state index in [9.17, 15) is 0 Å². The summed E-state index contributed by atoms with van der Waals surface area (Å²) in [5.74, 6) is 1.21. The van der Waals surface area contributed by atoms with Crippen LogP contribution in [0.2, 0.25) is 0 Å². The van der Waals surface area contributed by atoms with E-state index < -0.39 is 0 Å². The fraction of sp³-hybridized carbons (Fsp3) is 0.462. The van der Waals surface area contributed by atoms with Gasteiger partial charge in [-0.15, -0.1) is 0 Å². The van der Waals surface area contributed by atoms with Gasteiger partial charge in [0.25, 0.3) is 0 Å². The lowest BCUT2D eigenvalue weighted by Gasteiger charge is -2.13. The lowest BCUT2D eigenvalue weighted by molar-refractivity contribution is 0.272. The number of pyridine rings is 1. The SMILES string of the molecule is Fc1c(-c2cccnc2-c2ccc3c(c2)CN(CC2CC2)C3)cnn1CC1CCCC1. The number of aromatic nitrogens is 3. The molecule has 160 valence electrons. The van der Waals surface area contributed by atoms with E-state index in [1.54, 1.807) is 17.1 Å². The molecule has 4 nitrogen and oxygen atoms in total. The normalized spacial score (nSPS) is 19.3. The molecule has 0 radical (unpaired) electrons. The summed E-state index contributed by atoms with van der Waals surface area (Å²) in [7, 11) is 0. The van der Waals surface area contributed by atoms with E-state index in [-0.39, 0.29) is 5.95 Å². The van der Waals surface area contributed by atoms with Gasteiger partial charge < -0.3 is 0 Å². The molecule has 6 rings (SSSR count). The predicted octanol–water partition coefficient (Wildman–Crippen LogP) is 5.67. The van der Waals surface area contributed by atoms with Crippen molar-refractivity contribution in [2.45, 2.75) is 58.2 Å². The zero-order valence-corrected chi connectivity index (χ0v) is 17.9. The number of fused-ring (bicyclic) bond motifs is 1. The minimum absolute atomic E-state index is 0.238. The third-order valence-corrected chi connectivity index (χ3v) is 7.26. The summed E-state index contributed by atoms with van der Waals surface area (Å²) in [6, 6.07) is 10.5. The number of benzene rings is 1. The van der Waals surface area contributed by atoms with Gasteiger partial charge in [-0.2, -0.15) is 9.49 Å². The Bertz CT molecular complexity index is 1090. The lowest BCUT2D eigenvalue weighted by atomic mass is 9.98. The topological polar surface area (TPSA) is 34.0 Å². The predicted molar refractivity (Wildman–Crippen MR) is 120 cm³/mol. The van der Waals surface area contributed by atoms with Gasteiger partial charge in [0.1, 0.15) is 0 Å². The molecule has 0 amide bonds. The molecule has 31 heavy (non-hydrogen) atoms. The Balaban J connectivity index is 1.29. The molecule has 0 bridgehead atoms. The van der Waals surface area contributed by atoms with Crippen molar-refractivity contribution in [2.75, 3.05) is 6.54 Å². The number of halogens is 1. The van der Waals surface area contributed by atoms with Crippen molar-refractivity contribution in [1.82, 2.24) is 19.7 Å². The zero-order valence-electron chi connectivity index (χ0n) is 17.9. The van der Waals surface area contributed by atoms with Crippen molar-refractivity contribution in [2.24, 2.45) is 11.8 Å². The Morgan fingerprint density at radius 2 is 1.71 bits per heavy atom. The highest BCUT2D eigenvalue weighted by molar-refractivity contribution is 5.80. The molecule has 3 aliphatic rings. The van der Waals surface area contributed by atoms with Crippen LogP contribution in [0.5, 0.6) is 0 Å². The molecule has 3 heterocycles. The van der Waals surface area contributed by atoms with Gasteiger partial charge in [0.05, 0.1) is 17.5 Å². The zero-order chi connectivity index (χ0) is 20.8. The molecule has 1 aliphatic heterocycles. The van der Waals surface area contributed by atoms with Crippen LogP contribution in [-0.4, -0.2) is 26.2 Å². The Labute approximate surface area is 183 Å². The number of hydrogen-bond donors (Lipinski definition) is 0. The molecule has 2 saturated carbocycles. The first-order chi connectivity index (χ1) is 15.2. The van der Waals surface area contributed by atoms with Crippen molar-refractivity contribution in [1.29, 1.82) is 0 Å². The molecule has 1 aromatic carbocycles. The van der Waals surface area contributed by atoms with Gasteiger partial charge in [0.2, 0.25) is 5.95 Å². The fourth-order valence-electron chi connectivity index (χ4n) is 5.38. The van der Waals surface area contributed by atoms with Crippen molar-refractivity contribution >= 4 is 0 Å². The summed E-state index contributed by atoms with van der Waals surface area (Å²) in [5.41, 5.74) is 6.07. The van der Waals surface area contributed by atoms with Gasteiger partial charge >= 0.3 is 0 Å². The monoisotopic (exact) mass is 416 g/mol. The molecular formula is C26H29FN4. The highest BCUT2D eigenvalue weighted by Crippen LogP contribution is 2.37. The van der Waals surface area contributed by atoms with E-state index >= 15 is 4.39 Å². The number of hydrogen-bond acceptors (Lipinski definition) is 3. The van der Waals surface area contributed by atoms with E-state index in [1.165, 1.54) is 56.2 Å². The smallest absolute Gasteiger partial charge is 0.219 e. The summed E-state index contributed by atoms with van der Waals surface area (Å²) in [6.45, 7) is 3.95. The van der Waals surface area contributed by atoms with Gasteiger partial charge in [0, 0.05) is 43.5 Å². The average molecular weight is 417 g/mol. The van der Waals surface area contributed by atoms with Gasteiger partial charge in [-0.1, -0.05) is 31.0 Å². The second-order valence-corrected chi connectivity index (χ2v) is 9.68. The molecule has 0 atom stereocenters. The average Bonchev–Trinajstić information content (AvgIpc) is 3.14. The highest BCUT2D eigenvalue weighted by Gasteiger charge is 2.28. The van der Waals surface area contributed by atoms with Crippen LogP contribution >= 0.6 is 0 Å². The van der Waals surface area contributed by atoms with E-state index in [1.807, 2.05) is 12.1 Å². The van der Waals surface area contributed by atoms with Crippen molar-refractivity contribution < 1.29 is 4.39 Å². The van der Waals surface area contributed by atoms with Crippen LogP contribution in [0.4, 0.5) is 4.39 Å². The molecule has 2 aliphatic carbocycles. The number of nitrogens with zero attached hydrogens (tertiary/aromatic N) is 4. The standard InChI is InChI=1S/C26H29FN4/c27-26-24(13-29-31(26)15-18-4-1-2-5-18)23-6-3-11-28-25(23)20-9-10-21-16-30(14-19-7-8-19)17-22(21)12-20/h3,6,9-13,18-19H,1-2,4-5,7-8,14-17H2. The van der Waals surface area contributed by atoms with E-state index in [2.05, 4.69) is 33.2 Å². The Kier molecular flexibility index (Phi) is 4.87. The second-order valence-electron chi connectivity index (χ2n) is 9.68. The van der Waals surface area contributed by atoms with Crippen LogP contribution < -0.4 is 0 Å². The first-order valence-corrected chi connectivity index (χ1v) is 11.8. The maximum absolute atomic E-state index is 15.3. The quantitative estimate of drug-likeness (QED) is 0.519. The van der Waals surface area contributed by atoms with Crippen molar-refractivity contribution in [3.63, 3.8) is 0 Å². The second kappa shape index (κ2) is 7.86. The Hall–Kier alpha value is -2.53. The minimum Gasteiger partial charge on any atom is -0.295 e.